The average Bonchev–Trinajstić information content (AvgIpc) is 2.76. The van der Waals surface area contributed by atoms with E-state index < -0.39 is 4.92 Å². The molecule has 0 saturated carbocycles. The Kier molecular flexibility index (Phi) is 6.89. The topological polar surface area (TPSA) is 68.9 Å². The summed E-state index contributed by atoms with van der Waals surface area (Å²) in [6, 6.07) is 23.1. The van der Waals surface area contributed by atoms with E-state index in [0.29, 0.717) is 16.3 Å². The molecule has 2 aromatic carbocycles. The van der Waals surface area contributed by atoms with Crippen molar-refractivity contribution in [3.05, 3.63) is 111 Å². The van der Waals surface area contributed by atoms with Gasteiger partial charge in [0.1, 0.15) is 0 Å². The van der Waals surface area contributed by atoms with Gasteiger partial charge in [-0.05, 0) is 36.4 Å². The summed E-state index contributed by atoms with van der Waals surface area (Å²) in [5.74, 6) is 0. The van der Waals surface area contributed by atoms with Crippen molar-refractivity contribution in [3.63, 3.8) is 0 Å². The molecular weight excluding hydrogens is 409 g/mol. The Morgan fingerprint density at radius 1 is 0.690 bits per heavy atom. The lowest BCUT2D eigenvalue weighted by molar-refractivity contribution is -0.384. The first-order chi connectivity index (χ1) is 14.1. The lowest BCUT2D eigenvalue weighted by atomic mass is 10.1. The minimum atomic E-state index is -0.456. The maximum atomic E-state index is 10.6. The van der Waals surface area contributed by atoms with Crippen LogP contribution in [0.1, 0.15) is 0 Å². The molecule has 29 heavy (non-hydrogen) atoms. The number of benzene rings is 2. The SMILES string of the molecule is Clc1ccccc1-c1ccccn1.O=[N+]([O-])c1ccc(Cl)c(-c2ccccn2)c1. The van der Waals surface area contributed by atoms with Crippen LogP contribution in [0.3, 0.4) is 0 Å². The number of aromatic nitrogens is 2. The first kappa shape index (κ1) is 20.5. The van der Waals surface area contributed by atoms with Crippen LogP contribution < -0.4 is 0 Å². The maximum Gasteiger partial charge on any atom is 0.270 e. The molecule has 0 fully saturated rings. The first-order valence-electron chi connectivity index (χ1n) is 8.57. The van der Waals surface area contributed by atoms with Crippen LogP contribution in [0.5, 0.6) is 0 Å². The van der Waals surface area contributed by atoms with Gasteiger partial charge in [-0.1, -0.05) is 53.5 Å². The molecule has 0 radical (unpaired) electrons. The highest BCUT2D eigenvalue weighted by molar-refractivity contribution is 6.33. The van der Waals surface area contributed by atoms with Crippen LogP contribution >= 0.6 is 23.2 Å². The van der Waals surface area contributed by atoms with Crippen molar-refractivity contribution in [2.45, 2.75) is 0 Å². The fraction of sp³-hybridized carbons (Fsp3) is 0. The van der Waals surface area contributed by atoms with Gasteiger partial charge in [0.25, 0.3) is 5.69 Å². The van der Waals surface area contributed by atoms with E-state index in [1.165, 1.54) is 18.2 Å². The Bertz CT molecular complexity index is 1110. The second-order valence-electron chi connectivity index (χ2n) is 5.83. The third kappa shape index (κ3) is 5.38. The van der Waals surface area contributed by atoms with E-state index >= 15 is 0 Å². The van der Waals surface area contributed by atoms with Gasteiger partial charge in [0.05, 0.1) is 21.3 Å². The van der Waals surface area contributed by atoms with Gasteiger partial charge in [-0.2, -0.15) is 0 Å². The minimum Gasteiger partial charge on any atom is -0.258 e. The molecule has 4 rings (SSSR count). The van der Waals surface area contributed by atoms with Gasteiger partial charge >= 0.3 is 0 Å². The summed E-state index contributed by atoms with van der Waals surface area (Å²) in [6.45, 7) is 0. The van der Waals surface area contributed by atoms with Crippen LogP contribution in [0.2, 0.25) is 10.0 Å². The van der Waals surface area contributed by atoms with E-state index in [1.54, 1.807) is 30.6 Å². The van der Waals surface area contributed by atoms with Crippen molar-refractivity contribution >= 4 is 28.9 Å². The lowest BCUT2D eigenvalue weighted by Gasteiger charge is -2.02. The predicted molar refractivity (Wildman–Crippen MR) is 116 cm³/mol. The smallest absolute Gasteiger partial charge is 0.258 e. The van der Waals surface area contributed by atoms with Crippen molar-refractivity contribution < 1.29 is 4.92 Å². The quantitative estimate of drug-likeness (QED) is 0.271. The highest BCUT2D eigenvalue weighted by Gasteiger charge is 2.11. The van der Waals surface area contributed by atoms with Crippen molar-refractivity contribution in [2.24, 2.45) is 0 Å². The Morgan fingerprint density at radius 2 is 1.24 bits per heavy atom. The molecule has 0 bridgehead atoms. The summed E-state index contributed by atoms with van der Waals surface area (Å²) < 4.78 is 0. The van der Waals surface area contributed by atoms with E-state index in [2.05, 4.69) is 9.97 Å². The van der Waals surface area contributed by atoms with Gasteiger partial charge < -0.3 is 0 Å². The number of hydrogen-bond donors (Lipinski definition) is 0. The molecule has 7 heteroatoms. The summed E-state index contributed by atoms with van der Waals surface area (Å²) >= 11 is 12.0. The summed E-state index contributed by atoms with van der Waals surface area (Å²) in [5.41, 5.74) is 3.08. The molecule has 0 N–H and O–H groups in total. The summed E-state index contributed by atoms with van der Waals surface area (Å²) in [6.07, 6.45) is 3.38. The minimum absolute atomic E-state index is 0.00468. The van der Waals surface area contributed by atoms with E-state index in [-0.39, 0.29) is 5.69 Å². The van der Waals surface area contributed by atoms with E-state index in [9.17, 15) is 10.1 Å². The molecule has 2 heterocycles. The summed E-state index contributed by atoms with van der Waals surface area (Å²) in [7, 11) is 0. The van der Waals surface area contributed by atoms with Crippen LogP contribution in [-0.4, -0.2) is 14.9 Å². The molecule has 0 aliphatic carbocycles. The number of pyridine rings is 2. The lowest BCUT2D eigenvalue weighted by Crippen LogP contribution is -1.90. The zero-order chi connectivity index (χ0) is 20.6. The van der Waals surface area contributed by atoms with Gasteiger partial charge in [-0.15, -0.1) is 0 Å². The largest absolute Gasteiger partial charge is 0.270 e. The Labute approximate surface area is 177 Å². The van der Waals surface area contributed by atoms with E-state index in [0.717, 1.165) is 16.3 Å². The van der Waals surface area contributed by atoms with Crippen molar-refractivity contribution in [2.75, 3.05) is 0 Å². The number of halogens is 2. The highest BCUT2D eigenvalue weighted by Crippen LogP contribution is 2.29. The summed E-state index contributed by atoms with van der Waals surface area (Å²) in [5, 5.41) is 11.8. The average molecular weight is 424 g/mol. The highest BCUT2D eigenvalue weighted by atomic mass is 35.5. The fourth-order valence-corrected chi connectivity index (χ4v) is 2.98. The standard InChI is InChI=1S/C11H7ClN2O2.C11H8ClN/c12-10-5-4-8(14(15)16)7-9(10)11-3-1-2-6-13-11;12-10-6-2-1-5-9(10)11-7-3-4-8-13-11/h1-7H;1-8H. The number of nitro groups is 1. The van der Waals surface area contributed by atoms with Gasteiger partial charge in [-0.25, -0.2) is 0 Å². The monoisotopic (exact) mass is 423 g/mol. The predicted octanol–water partition coefficient (Wildman–Crippen LogP) is 6.71. The molecule has 0 saturated heterocycles. The second kappa shape index (κ2) is 9.78. The number of hydrogen-bond acceptors (Lipinski definition) is 4. The number of rotatable bonds is 3. The van der Waals surface area contributed by atoms with Gasteiger partial charge in [0.2, 0.25) is 0 Å². The number of nitrogens with zero attached hydrogens (tertiary/aromatic N) is 3. The number of non-ortho nitro benzene ring substituents is 1. The Balaban J connectivity index is 0.000000169. The van der Waals surface area contributed by atoms with Crippen LogP contribution in [0.25, 0.3) is 22.5 Å². The molecule has 2 aromatic heterocycles. The molecule has 0 atom stereocenters. The normalized spacial score (nSPS) is 10.0. The van der Waals surface area contributed by atoms with Crippen LogP contribution in [0.15, 0.2) is 91.3 Å². The molecule has 0 spiro atoms. The second-order valence-corrected chi connectivity index (χ2v) is 6.65. The first-order valence-corrected chi connectivity index (χ1v) is 9.33. The zero-order valence-electron chi connectivity index (χ0n) is 15.1. The fourth-order valence-electron chi connectivity index (χ4n) is 2.54. The Morgan fingerprint density at radius 3 is 1.79 bits per heavy atom. The van der Waals surface area contributed by atoms with E-state index in [1.807, 2.05) is 42.5 Å². The zero-order valence-corrected chi connectivity index (χ0v) is 16.6. The molecule has 0 unspecified atom stereocenters. The summed E-state index contributed by atoms with van der Waals surface area (Å²) in [4.78, 5) is 18.5. The van der Waals surface area contributed by atoms with Crippen molar-refractivity contribution in [3.8, 4) is 22.5 Å². The maximum absolute atomic E-state index is 10.6. The van der Waals surface area contributed by atoms with E-state index in [4.69, 9.17) is 23.2 Å². The number of nitro benzene ring substituents is 1. The van der Waals surface area contributed by atoms with Crippen molar-refractivity contribution in [1.29, 1.82) is 0 Å². The molecule has 0 amide bonds. The molecule has 0 aliphatic heterocycles. The molecule has 0 aliphatic rings. The molecular formula is C22H15Cl2N3O2. The molecule has 5 nitrogen and oxygen atoms in total. The van der Waals surface area contributed by atoms with Gasteiger partial charge in [0, 0.05) is 40.7 Å². The van der Waals surface area contributed by atoms with Crippen LogP contribution in [0.4, 0.5) is 5.69 Å². The van der Waals surface area contributed by atoms with Gasteiger partial charge in [-0.3, -0.25) is 20.1 Å². The van der Waals surface area contributed by atoms with Gasteiger partial charge in [0.15, 0.2) is 0 Å². The Hall–Kier alpha value is -3.28. The van der Waals surface area contributed by atoms with Crippen molar-refractivity contribution in [1.82, 2.24) is 9.97 Å². The third-order valence-corrected chi connectivity index (χ3v) is 4.58. The molecule has 4 aromatic rings. The van der Waals surface area contributed by atoms with Crippen LogP contribution in [0, 0.1) is 10.1 Å². The third-order valence-electron chi connectivity index (χ3n) is 3.92. The van der Waals surface area contributed by atoms with Crippen LogP contribution in [-0.2, 0) is 0 Å². The molecule has 144 valence electrons.